The van der Waals surface area contributed by atoms with Crippen LogP contribution in [-0.4, -0.2) is 25.6 Å². The highest BCUT2D eigenvalue weighted by molar-refractivity contribution is 6.05. The zero-order chi connectivity index (χ0) is 18.8. The van der Waals surface area contributed by atoms with Crippen LogP contribution in [0.1, 0.15) is 53.3 Å². The van der Waals surface area contributed by atoms with Crippen LogP contribution in [0.2, 0.25) is 0 Å². The standard InChI is InChI=1S/C21H25NO4/c1-3-4-5-8-15-26-21(24)17-13-11-16(12-14-17)20(23)22-18-9-6-7-10-19(18)25-2/h6-7,9-14H,3-5,8,15H2,1-2H3,(H,22,23). The number of unbranched alkanes of at least 4 members (excludes halogenated alkanes) is 3. The summed E-state index contributed by atoms with van der Waals surface area (Å²) in [5.41, 5.74) is 1.49. The first-order valence-electron chi connectivity index (χ1n) is 8.87. The number of esters is 1. The highest BCUT2D eigenvalue weighted by Crippen LogP contribution is 2.23. The monoisotopic (exact) mass is 355 g/mol. The smallest absolute Gasteiger partial charge is 0.338 e. The minimum atomic E-state index is -0.363. The molecule has 138 valence electrons. The van der Waals surface area contributed by atoms with Gasteiger partial charge in [-0.15, -0.1) is 0 Å². The fourth-order valence-corrected chi connectivity index (χ4v) is 2.48. The number of hydrogen-bond donors (Lipinski definition) is 1. The maximum atomic E-state index is 12.4. The molecule has 0 radical (unpaired) electrons. The van der Waals surface area contributed by atoms with Crippen molar-refractivity contribution in [2.24, 2.45) is 0 Å². The number of nitrogens with one attached hydrogen (secondary N) is 1. The van der Waals surface area contributed by atoms with E-state index in [0.29, 0.717) is 29.2 Å². The van der Waals surface area contributed by atoms with Crippen LogP contribution in [0.3, 0.4) is 0 Å². The summed E-state index contributed by atoms with van der Waals surface area (Å²) in [7, 11) is 1.55. The van der Waals surface area contributed by atoms with E-state index in [9.17, 15) is 9.59 Å². The van der Waals surface area contributed by atoms with Gasteiger partial charge in [-0.3, -0.25) is 4.79 Å². The summed E-state index contributed by atoms with van der Waals surface area (Å²) in [4.78, 5) is 24.3. The number of benzene rings is 2. The van der Waals surface area contributed by atoms with Gasteiger partial charge in [0.25, 0.3) is 5.91 Å². The van der Waals surface area contributed by atoms with E-state index >= 15 is 0 Å². The van der Waals surface area contributed by atoms with Crippen LogP contribution >= 0.6 is 0 Å². The average Bonchev–Trinajstić information content (AvgIpc) is 2.68. The van der Waals surface area contributed by atoms with Gasteiger partial charge in [0, 0.05) is 5.56 Å². The Morgan fingerprint density at radius 2 is 1.62 bits per heavy atom. The molecule has 2 rings (SSSR count). The third-order valence-electron chi connectivity index (χ3n) is 3.97. The van der Waals surface area contributed by atoms with E-state index in [1.165, 1.54) is 0 Å². The van der Waals surface area contributed by atoms with E-state index in [4.69, 9.17) is 9.47 Å². The number of carbonyl (C=O) groups excluding carboxylic acids is 2. The van der Waals surface area contributed by atoms with Crippen molar-refractivity contribution in [1.29, 1.82) is 0 Å². The maximum absolute atomic E-state index is 12.4. The summed E-state index contributed by atoms with van der Waals surface area (Å²) >= 11 is 0. The number of carbonyl (C=O) groups is 2. The Labute approximate surface area is 154 Å². The molecule has 0 aromatic heterocycles. The number of methoxy groups -OCH3 is 1. The highest BCUT2D eigenvalue weighted by atomic mass is 16.5. The average molecular weight is 355 g/mol. The number of hydrogen-bond acceptors (Lipinski definition) is 4. The third kappa shape index (κ3) is 5.62. The van der Waals surface area contributed by atoms with E-state index in [2.05, 4.69) is 12.2 Å². The molecule has 0 spiro atoms. The molecule has 26 heavy (non-hydrogen) atoms. The van der Waals surface area contributed by atoms with Crippen LogP contribution in [0.4, 0.5) is 5.69 Å². The van der Waals surface area contributed by atoms with Crippen molar-refractivity contribution in [3.8, 4) is 5.75 Å². The molecule has 0 atom stereocenters. The van der Waals surface area contributed by atoms with E-state index < -0.39 is 0 Å². The first-order chi connectivity index (χ1) is 12.7. The summed E-state index contributed by atoms with van der Waals surface area (Å²) < 4.78 is 10.5. The second kappa shape index (κ2) is 10.2. The molecule has 0 heterocycles. The van der Waals surface area contributed by atoms with Crippen molar-refractivity contribution < 1.29 is 19.1 Å². The predicted octanol–water partition coefficient (Wildman–Crippen LogP) is 4.68. The summed E-state index contributed by atoms with van der Waals surface area (Å²) in [6.45, 7) is 2.56. The van der Waals surface area contributed by atoms with Gasteiger partial charge in [0.2, 0.25) is 0 Å². The Hall–Kier alpha value is -2.82. The Morgan fingerprint density at radius 1 is 0.923 bits per heavy atom. The van der Waals surface area contributed by atoms with Gasteiger partial charge in [-0.2, -0.15) is 0 Å². The fourth-order valence-electron chi connectivity index (χ4n) is 2.48. The molecule has 0 saturated heterocycles. The second-order valence-corrected chi connectivity index (χ2v) is 5.93. The second-order valence-electron chi connectivity index (χ2n) is 5.93. The molecule has 0 fully saturated rings. The number of para-hydroxylation sites is 2. The molecule has 1 amide bonds. The molecule has 0 bridgehead atoms. The summed E-state index contributed by atoms with van der Waals surface area (Å²) in [6.07, 6.45) is 4.23. The summed E-state index contributed by atoms with van der Waals surface area (Å²) in [6, 6.07) is 13.6. The van der Waals surface area contributed by atoms with Crippen LogP contribution in [-0.2, 0) is 4.74 Å². The molecule has 0 unspecified atom stereocenters. The number of rotatable bonds is 9. The minimum Gasteiger partial charge on any atom is -0.495 e. The largest absolute Gasteiger partial charge is 0.495 e. The first kappa shape index (κ1) is 19.5. The van der Waals surface area contributed by atoms with E-state index in [1.54, 1.807) is 43.5 Å². The lowest BCUT2D eigenvalue weighted by atomic mass is 10.1. The molecule has 5 nitrogen and oxygen atoms in total. The molecule has 0 saturated carbocycles. The molecule has 2 aromatic rings. The Kier molecular flexibility index (Phi) is 7.68. The fraction of sp³-hybridized carbons (Fsp3) is 0.333. The van der Waals surface area contributed by atoms with Crippen LogP contribution in [0, 0.1) is 0 Å². The van der Waals surface area contributed by atoms with E-state index in [0.717, 1.165) is 25.7 Å². The summed E-state index contributed by atoms with van der Waals surface area (Å²) in [5.74, 6) is -0.0451. The van der Waals surface area contributed by atoms with Crippen LogP contribution in [0.15, 0.2) is 48.5 Å². The van der Waals surface area contributed by atoms with Crippen molar-refractivity contribution in [3.05, 3.63) is 59.7 Å². The van der Waals surface area contributed by atoms with Crippen molar-refractivity contribution >= 4 is 17.6 Å². The Balaban J connectivity index is 1.91. The lowest BCUT2D eigenvalue weighted by Crippen LogP contribution is -2.13. The van der Waals surface area contributed by atoms with Gasteiger partial charge in [0.05, 0.1) is 25.0 Å². The molecule has 0 aliphatic rings. The van der Waals surface area contributed by atoms with Crippen molar-refractivity contribution in [3.63, 3.8) is 0 Å². The predicted molar refractivity (Wildman–Crippen MR) is 102 cm³/mol. The van der Waals surface area contributed by atoms with Gasteiger partial charge in [-0.25, -0.2) is 4.79 Å². The van der Waals surface area contributed by atoms with Crippen LogP contribution in [0.25, 0.3) is 0 Å². The quantitative estimate of drug-likeness (QED) is 0.524. The lowest BCUT2D eigenvalue weighted by Gasteiger charge is -2.10. The molecule has 0 aliphatic heterocycles. The van der Waals surface area contributed by atoms with Crippen molar-refractivity contribution in [2.75, 3.05) is 19.0 Å². The minimum absolute atomic E-state index is 0.269. The van der Waals surface area contributed by atoms with E-state index in [-0.39, 0.29) is 11.9 Å². The number of amides is 1. The summed E-state index contributed by atoms with van der Waals surface area (Å²) in [5, 5.41) is 2.80. The third-order valence-corrected chi connectivity index (χ3v) is 3.97. The normalized spacial score (nSPS) is 10.2. The van der Waals surface area contributed by atoms with Gasteiger partial charge < -0.3 is 14.8 Å². The highest BCUT2D eigenvalue weighted by Gasteiger charge is 2.11. The molecule has 1 N–H and O–H groups in total. The number of ether oxygens (including phenoxy) is 2. The maximum Gasteiger partial charge on any atom is 0.338 e. The lowest BCUT2D eigenvalue weighted by molar-refractivity contribution is 0.0497. The van der Waals surface area contributed by atoms with Gasteiger partial charge in [0.15, 0.2) is 0 Å². The van der Waals surface area contributed by atoms with Crippen molar-refractivity contribution in [2.45, 2.75) is 32.6 Å². The molecule has 0 aliphatic carbocycles. The molecule has 5 heteroatoms. The van der Waals surface area contributed by atoms with Crippen LogP contribution < -0.4 is 10.1 Å². The van der Waals surface area contributed by atoms with E-state index in [1.807, 2.05) is 12.1 Å². The van der Waals surface area contributed by atoms with Crippen molar-refractivity contribution in [1.82, 2.24) is 0 Å². The topological polar surface area (TPSA) is 64.6 Å². The van der Waals surface area contributed by atoms with Gasteiger partial charge in [-0.05, 0) is 42.8 Å². The Bertz CT molecular complexity index is 725. The SMILES string of the molecule is CCCCCCOC(=O)c1ccc(C(=O)Nc2ccccc2OC)cc1. The zero-order valence-electron chi connectivity index (χ0n) is 15.3. The Morgan fingerprint density at radius 3 is 2.31 bits per heavy atom. The van der Waals surface area contributed by atoms with Gasteiger partial charge >= 0.3 is 5.97 Å². The first-order valence-corrected chi connectivity index (χ1v) is 8.87. The molecular formula is C21H25NO4. The zero-order valence-corrected chi connectivity index (χ0v) is 15.3. The van der Waals surface area contributed by atoms with Gasteiger partial charge in [0.1, 0.15) is 5.75 Å². The van der Waals surface area contributed by atoms with Crippen LogP contribution in [0.5, 0.6) is 5.75 Å². The van der Waals surface area contributed by atoms with Gasteiger partial charge in [-0.1, -0.05) is 38.3 Å². The number of anilines is 1. The molecule has 2 aromatic carbocycles. The molecular weight excluding hydrogens is 330 g/mol.